The van der Waals surface area contributed by atoms with Crippen molar-refractivity contribution in [3.63, 3.8) is 0 Å². The molecule has 8 heteroatoms. The highest BCUT2D eigenvalue weighted by Crippen LogP contribution is 2.26. The smallest absolute Gasteiger partial charge is 0.251 e. The fourth-order valence-electron chi connectivity index (χ4n) is 2.05. The fraction of sp³-hybridized carbons (Fsp3) is 0.188. The maximum absolute atomic E-state index is 12.2. The monoisotopic (exact) mass is 350 g/mol. The molecule has 128 valence electrons. The van der Waals surface area contributed by atoms with Gasteiger partial charge >= 0.3 is 0 Å². The number of phenols is 1. The Balaban J connectivity index is 2.06. The number of nitrogens with one attached hydrogen (secondary N) is 2. The second-order valence-corrected chi connectivity index (χ2v) is 6.89. The first-order valence-corrected chi connectivity index (χ1v) is 8.89. The van der Waals surface area contributed by atoms with Crippen LogP contribution in [0.1, 0.15) is 15.9 Å². The van der Waals surface area contributed by atoms with Crippen molar-refractivity contribution in [1.29, 1.82) is 0 Å². The van der Waals surface area contributed by atoms with Crippen LogP contribution in [0.5, 0.6) is 11.5 Å². The number of methoxy groups -OCH3 is 1. The molecule has 0 spiro atoms. The number of carbonyl (C=O) groups is 1. The third-order valence-corrected chi connectivity index (χ3v) is 3.73. The largest absolute Gasteiger partial charge is 0.504 e. The van der Waals surface area contributed by atoms with Crippen LogP contribution in [0.15, 0.2) is 42.5 Å². The lowest BCUT2D eigenvalue weighted by Gasteiger charge is -2.09. The first kappa shape index (κ1) is 17.6. The van der Waals surface area contributed by atoms with E-state index in [2.05, 4.69) is 10.0 Å². The quantitative estimate of drug-likeness (QED) is 0.735. The van der Waals surface area contributed by atoms with Crippen LogP contribution in [0.4, 0.5) is 5.69 Å². The Kier molecular flexibility index (Phi) is 5.30. The zero-order valence-electron chi connectivity index (χ0n) is 13.2. The van der Waals surface area contributed by atoms with Crippen LogP contribution in [0.2, 0.25) is 0 Å². The van der Waals surface area contributed by atoms with Gasteiger partial charge in [0.1, 0.15) is 0 Å². The molecule has 24 heavy (non-hydrogen) atoms. The second kappa shape index (κ2) is 7.22. The number of hydrogen-bond donors (Lipinski definition) is 3. The van der Waals surface area contributed by atoms with E-state index in [1.807, 2.05) is 0 Å². The Labute approximate surface area is 140 Å². The molecule has 0 radical (unpaired) electrons. The van der Waals surface area contributed by atoms with E-state index in [-0.39, 0.29) is 18.2 Å². The van der Waals surface area contributed by atoms with E-state index in [0.717, 1.165) is 11.8 Å². The standard InChI is InChI=1S/C16H18N2O5S/c1-23-15-8-11(6-7-14(15)19)10-17-16(20)12-4-3-5-13(9-12)18-24(2,21)22/h3-9,18-19H,10H2,1-2H3,(H,17,20). The van der Waals surface area contributed by atoms with Gasteiger partial charge in [0.2, 0.25) is 10.0 Å². The normalized spacial score (nSPS) is 10.9. The number of aromatic hydroxyl groups is 1. The van der Waals surface area contributed by atoms with E-state index in [1.54, 1.807) is 30.3 Å². The zero-order chi connectivity index (χ0) is 17.7. The Hall–Kier alpha value is -2.74. The van der Waals surface area contributed by atoms with Crippen LogP contribution in [0, 0.1) is 0 Å². The van der Waals surface area contributed by atoms with E-state index in [4.69, 9.17) is 4.74 Å². The molecule has 2 aromatic rings. The lowest BCUT2D eigenvalue weighted by Crippen LogP contribution is -2.23. The third-order valence-electron chi connectivity index (χ3n) is 3.13. The number of ether oxygens (including phenoxy) is 1. The number of carbonyl (C=O) groups excluding carboxylic acids is 1. The molecule has 0 heterocycles. The number of sulfonamides is 1. The average Bonchev–Trinajstić information content (AvgIpc) is 2.52. The van der Waals surface area contributed by atoms with Crippen molar-refractivity contribution < 1.29 is 23.1 Å². The van der Waals surface area contributed by atoms with Gasteiger partial charge in [0.05, 0.1) is 13.4 Å². The second-order valence-electron chi connectivity index (χ2n) is 5.14. The van der Waals surface area contributed by atoms with Crippen LogP contribution in [0.25, 0.3) is 0 Å². The predicted molar refractivity (Wildman–Crippen MR) is 90.7 cm³/mol. The summed E-state index contributed by atoms with van der Waals surface area (Å²) in [4.78, 5) is 12.2. The molecule has 2 rings (SSSR count). The molecular weight excluding hydrogens is 332 g/mol. The Morgan fingerprint density at radius 3 is 2.62 bits per heavy atom. The Morgan fingerprint density at radius 2 is 1.96 bits per heavy atom. The van der Waals surface area contributed by atoms with E-state index >= 15 is 0 Å². The molecule has 1 amide bonds. The van der Waals surface area contributed by atoms with Crippen LogP contribution in [-0.4, -0.2) is 32.8 Å². The first-order chi connectivity index (χ1) is 11.3. The summed E-state index contributed by atoms with van der Waals surface area (Å²) >= 11 is 0. The van der Waals surface area contributed by atoms with Gasteiger partial charge < -0.3 is 15.2 Å². The number of hydrogen-bond acceptors (Lipinski definition) is 5. The summed E-state index contributed by atoms with van der Waals surface area (Å²) in [6, 6.07) is 11.0. The molecule has 0 aromatic heterocycles. The van der Waals surface area contributed by atoms with Crippen molar-refractivity contribution in [2.45, 2.75) is 6.54 Å². The summed E-state index contributed by atoms with van der Waals surface area (Å²) in [7, 11) is -1.96. The van der Waals surface area contributed by atoms with Gasteiger partial charge in [-0.3, -0.25) is 9.52 Å². The summed E-state index contributed by atoms with van der Waals surface area (Å²) in [5.74, 6) is -0.00702. The SMILES string of the molecule is COc1cc(CNC(=O)c2cccc(NS(C)(=O)=O)c2)ccc1O. The van der Waals surface area contributed by atoms with Gasteiger partial charge in [0.25, 0.3) is 5.91 Å². The fourth-order valence-corrected chi connectivity index (χ4v) is 2.61. The molecule has 0 fully saturated rings. The molecule has 0 saturated carbocycles. The zero-order valence-corrected chi connectivity index (χ0v) is 14.1. The van der Waals surface area contributed by atoms with Crippen molar-refractivity contribution in [1.82, 2.24) is 5.32 Å². The Morgan fingerprint density at radius 1 is 1.21 bits per heavy atom. The number of anilines is 1. The highest BCUT2D eigenvalue weighted by atomic mass is 32.2. The summed E-state index contributed by atoms with van der Waals surface area (Å²) in [6.45, 7) is 0.235. The topological polar surface area (TPSA) is 105 Å². The molecule has 0 saturated heterocycles. The van der Waals surface area contributed by atoms with Crippen molar-refractivity contribution in [3.8, 4) is 11.5 Å². The minimum Gasteiger partial charge on any atom is -0.504 e. The van der Waals surface area contributed by atoms with Gasteiger partial charge in [-0.15, -0.1) is 0 Å². The Bertz CT molecular complexity index is 849. The molecule has 3 N–H and O–H groups in total. The molecule has 0 bridgehead atoms. The van der Waals surface area contributed by atoms with E-state index in [1.165, 1.54) is 19.2 Å². The summed E-state index contributed by atoms with van der Waals surface area (Å²) in [5.41, 5.74) is 1.40. The minimum absolute atomic E-state index is 0.0205. The van der Waals surface area contributed by atoms with Crippen molar-refractivity contribution in [2.24, 2.45) is 0 Å². The van der Waals surface area contributed by atoms with E-state index < -0.39 is 10.0 Å². The van der Waals surface area contributed by atoms with Gasteiger partial charge in [0.15, 0.2) is 11.5 Å². The molecule has 0 aliphatic heterocycles. The minimum atomic E-state index is -3.41. The molecule has 0 aliphatic rings. The summed E-state index contributed by atoms with van der Waals surface area (Å²) < 4.78 is 29.8. The van der Waals surface area contributed by atoms with E-state index in [0.29, 0.717) is 17.0 Å². The van der Waals surface area contributed by atoms with Crippen LogP contribution in [-0.2, 0) is 16.6 Å². The molecule has 2 aromatic carbocycles. The van der Waals surface area contributed by atoms with Gasteiger partial charge in [-0.05, 0) is 35.9 Å². The van der Waals surface area contributed by atoms with Crippen molar-refractivity contribution in [3.05, 3.63) is 53.6 Å². The van der Waals surface area contributed by atoms with Gasteiger partial charge in [-0.2, -0.15) is 0 Å². The summed E-state index contributed by atoms with van der Waals surface area (Å²) in [6.07, 6.45) is 1.04. The molecule has 7 nitrogen and oxygen atoms in total. The molecule has 0 unspecified atom stereocenters. The summed E-state index contributed by atoms with van der Waals surface area (Å²) in [5, 5.41) is 12.3. The van der Waals surface area contributed by atoms with Crippen molar-refractivity contribution >= 4 is 21.6 Å². The number of amides is 1. The van der Waals surface area contributed by atoms with Crippen LogP contribution in [0.3, 0.4) is 0 Å². The molecule has 0 aliphatic carbocycles. The van der Waals surface area contributed by atoms with E-state index in [9.17, 15) is 18.3 Å². The first-order valence-electron chi connectivity index (χ1n) is 7.00. The highest BCUT2D eigenvalue weighted by Gasteiger charge is 2.09. The number of phenolic OH excluding ortho intramolecular Hbond substituents is 1. The predicted octanol–water partition coefficient (Wildman–Crippen LogP) is 1.70. The van der Waals surface area contributed by atoms with Crippen molar-refractivity contribution in [2.75, 3.05) is 18.1 Å². The third kappa shape index (κ3) is 4.88. The molecular formula is C16H18N2O5S. The average molecular weight is 350 g/mol. The maximum atomic E-state index is 12.2. The number of rotatable bonds is 6. The lowest BCUT2D eigenvalue weighted by molar-refractivity contribution is 0.0951. The number of benzene rings is 2. The van der Waals surface area contributed by atoms with Crippen LogP contribution < -0.4 is 14.8 Å². The maximum Gasteiger partial charge on any atom is 0.251 e. The highest BCUT2D eigenvalue weighted by molar-refractivity contribution is 7.92. The van der Waals surface area contributed by atoms with Gasteiger partial charge in [0, 0.05) is 17.8 Å². The van der Waals surface area contributed by atoms with Crippen LogP contribution >= 0.6 is 0 Å². The van der Waals surface area contributed by atoms with Gasteiger partial charge in [-0.1, -0.05) is 12.1 Å². The molecule has 0 atom stereocenters. The van der Waals surface area contributed by atoms with Gasteiger partial charge in [-0.25, -0.2) is 8.42 Å². The lowest BCUT2D eigenvalue weighted by atomic mass is 10.1.